The first-order valence-corrected chi connectivity index (χ1v) is 11.7. The number of unbranched alkanes of at least 4 members (excludes halogenated alkanes) is 2. The van der Waals surface area contributed by atoms with Gasteiger partial charge in [0.2, 0.25) is 0 Å². The van der Waals surface area contributed by atoms with Crippen LogP contribution in [0, 0.1) is 17.8 Å². The quantitative estimate of drug-likeness (QED) is 0.245. The summed E-state index contributed by atoms with van der Waals surface area (Å²) >= 11 is 0. The van der Waals surface area contributed by atoms with Gasteiger partial charge in [0.15, 0.2) is 0 Å². The van der Waals surface area contributed by atoms with E-state index in [0.717, 1.165) is 50.5 Å². The number of benzene rings is 1. The lowest BCUT2D eigenvalue weighted by Crippen LogP contribution is -2.16. The molecule has 0 aliphatic carbocycles. The molecule has 0 fully saturated rings. The highest BCUT2D eigenvalue weighted by Crippen LogP contribution is 2.18. The van der Waals surface area contributed by atoms with Crippen LogP contribution in [0.4, 0.5) is 0 Å². The highest BCUT2D eigenvalue weighted by Gasteiger charge is 2.20. The monoisotopic (exact) mass is 418 g/mol. The summed E-state index contributed by atoms with van der Waals surface area (Å²) in [6, 6.07) is 5.42. The molecular formula is C26H42O4. The van der Waals surface area contributed by atoms with Crippen LogP contribution in [-0.4, -0.2) is 25.2 Å². The zero-order valence-electron chi connectivity index (χ0n) is 20.0. The van der Waals surface area contributed by atoms with E-state index < -0.39 is 11.9 Å². The van der Waals surface area contributed by atoms with Crippen molar-refractivity contribution in [1.29, 1.82) is 0 Å². The molecule has 0 unspecified atom stereocenters. The summed E-state index contributed by atoms with van der Waals surface area (Å²) in [6.07, 6.45) is 6.83. The van der Waals surface area contributed by atoms with E-state index in [1.54, 1.807) is 12.1 Å². The third-order valence-electron chi connectivity index (χ3n) is 4.99. The lowest BCUT2D eigenvalue weighted by Gasteiger charge is -2.13. The van der Waals surface area contributed by atoms with Crippen LogP contribution in [0.5, 0.6) is 0 Å². The Morgan fingerprint density at radius 2 is 1.20 bits per heavy atom. The van der Waals surface area contributed by atoms with E-state index in [1.807, 2.05) is 6.07 Å². The van der Waals surface area contributed by atoms with Gasteiger partial charge in [-0.2, -0.15) is 0 Å². The Balaban J connectivity index is 2.76. The zero-order valence-corrected chi connectivity index (χ0v) is 20.0. The van der Waals surface area contributed by atoms with Crippen molar-refractivity contribution in [1.82, 2.24) is 0 Å². The highest BCUT2D eigenvalue weighted by atomic mass is 16.5. The molecule has 0 aliphatic heterocycles. The number of carbonyl (C=O) groups excluding carboxylic acids is 2. The van der Waals surface area contributed by atoms with Crippen LogP contribution in [0.2, 0.25) is 0 Å². The fourth-order valence-electron chi connectivity index (χ4n) is 3.33. The first-order valence-electron chi connectivity index (χ1n) is 11.7. The van der Waals surface area contributed by atoms with Crippen molar-refractivity contribution in [3.63, 3.8) is 0 Å². The largest absolute Gasteiger partial charge is 0.462 e. The normalized spacial score (nSPS) is 11.4. The predicted molar refractivity (Wildman–Crippen MR) is 123 cm³/mol. The maximum atomic E-state index is 12.7. The molecule has 1 rings (SSSR count). The van der Waals surface area contributed by atoms with Crippen LogP contribution in [-0.2, 0) is 15.9 Å². The van der Waals surface area contributed by atoms with Crippen LogP contribution in [0.25, 0.3) is 0 Å². The van der Waals surface area contributed by atoms with Crippen molar-refractivity contribution in [2.45, 2.75) is 86.5 Å². The molecule has 4 nitrogen and oxygen atoms in total. The Hall–Kier alpha value is -1.84. The van der Waals surface area contributed by atoms with Crippen LogP contribution >= 0.6 is 0 Å². The second kappa shape index (κ2) is 14.2. The molecule has 1 aromatic rings. The SMILES string of the molecule is CC(C)CCCCOC(=O)c1ccc(CC(C)C)cc1C(=O)OCCCCC(C)C. The van der Waals surface area contributed by atoms with Crippen LogP contribution in [0.15, 0.2) is 18.2 Å². The molecule has 4 heteroatoms. The fraction of sp³-hybridized carbons (Fsp3) is 0.692. The first-order chi connectivity index (χ1) is 14.2. The van der Waals surface area contributed by atoms with Crippen LogP contribution in [0.3, 0.4) is 0 Å². The standard InChI is InChI=1S/C26H42O4/c1-19(2)11-7-9-15-29-25(27)23-14-13-22(17-21(5)6)18-24(23)26(28)30-16-10-8-12-20(3)4/h13-14,18-21H,7-12,15-17H2,1-6H3. The van der Waals surface area contributed by atoms with E-state index in [1.165, 1.54) is 0 Å². The van der Waals surface area contributed by atoms with Gasteiger partial charge in [-0.25, -0.2) is 9.59 Å². The summed E-state index contributed by atoms with van der Waals surface area (Å²) in [5.41, 5.74) is 1.66. The predicted octanol–water partition coefficient (Wildman–Crippen LogP) is 6.85. The lowest BCUT2D eigenvalue weighted by atomic mass is 9.98. The molecule has 0 aliphatic rings. The van der Waals surface area contributed by atoms with E-state index in [9.17, 15) is 9.59 Å². The minimum absolute atomic E-state index is 0.304. The minimum atomic E-state index is -0.442. The Kier molecular flexibility index (Phi) is 12.4. The van der Waals surface area contributed by atoms with Gasteiger partial charge in [-0.3, -0.25) is 0 Å². The minimum Gasteiger partial charge on any atom is -0.462 e. The molecule has 0 radical (unpaired) electrons. The van der Waals surface area contributed by atoms with Gasteiger partial charge in [0.1, 0.15) is 0 Å². The average molecular weight is 419 g/mol. The van der Waals surface area contributed by atoms with Crippen molar-refractivity contribution in [2.75, 3.05) is 13.2 Å². The molecule has 30 heavy (non-hydrogen) atoms. The van der Waals surface area contributed by atoms with E-state index in [4.69, 9.17) is 9.47 Å². The molecule has 0 heterocycles. The molecule has 170 valence electrons. The second-order valence-electron chi connectivity index (χ2n) is 9.53. The number of carbonyl (C=O) groups is 2. The highest BCUT2D eigenvalue weighted by molar-refractivity contribution is 6.03. The number of esters is 2. The van der Waals surface area contributed by atoms with Gasteiger partial charge in [-0.05, 0) is 67.6 Å². The van der Waals surface area contributed by atoms with Crippen LogP contribution < -0.4 is 0 Å². The van der Waals surface area contributed by atoms with Gasteiger partial charge in [-0.15, -0.1) is 0 Å². The van der Waals surface area contributed by atoms with E-state index in [0.29, 0.717) is 42.1 Å². The molecule has 0 spiro atoms. The van der Waals surface area contributed by atoms with Crippen molar-refractivity contribution in [2.24, 2.45) is 17.8 Å². The summed E-state index contributed by atoms with van der Waals surface area (Å²) in [5.74, 6) is 0.884. The van der Waals surface area contributed by atoms with Gasteiger partial charge in [0.25, 0.3) is 0 Å². The summed E-state index contributed by atoms with van der Waals surface area (Å²) in [4.78, 5) is 25.3. The molecule has 1 aromatic carbocycles. The Morgan fingerprint density at radius 3 is 1.67 bits per heavy atom. The molecule has 0 saturated heterocycles. The van der Waals surface area contributed by atoms with Crippen molar-refractivity contribution < 1.29 is 19.1 Å². The molecule has 0 amide bonds. The van der Waals surface area contributed by atoms with Crippen molar-refractivity contribution in [3.8, 4) is 0 Å². The molecule has 0 aromatic heterocycles. The molecule has 0 N–H and O–H groups in total. The zero-order chi connectivity index (χ0) is 22.5. The summed E-state index contributed by atoms with van der Waals surface area (Å²) < 4.78 is 10.9. The smallest absolute Gasteiger partial charge is 0.339 e. The van der Waals surface area contributed by atoms with Gasteiger partial charge in [0, 0.05) is 0 Å². The molecule has 0 bridgehead atoms. The Morgan fingerprint density at radius 1 is 0.700 bits per heavy atom. The summed E-state index contributed by atoms with van der Waals surface area (Å²) in [7, 11) is 0. The first kappa shape index (κ1) is 26.2. The molecule has 0 saturated carbocycles. The number of rotatable bonds is 14. The molecule has 0 atom stereocenters. The second-order valence-corrected chi connectivity index (χ2v) is 9.53. The maximum absolute atomic E-state index is 12.7. The third-order valence-corrected chi connectivity index (χ3v) is 4.99. The van der Waals surface area contributed by atoms with Gasteiger partial charge in [0.05, 0.1) is 24.3 Å². The number of ether oxygens (including phenoxy) is 2. The maximum Gasteiger partial charge on any atom is 0.339 e. The number of hydrogen-bond donors (Lipinski definition) is 0. The van der Waals surface area contributed by atoms with E-state index in [-0.39, 0.29) is 0 Å². The average Bonchev–Trinajstić information content (AvgIpc) is 2.66. The lowest BCUT2D eigenvalue weighted by molar-refractivity contribution is 0.0449. The summed E-state index contributed by atoms with van der Waals surface area (Å²) in [5, 5.41) is 0. The van der Waals surface area contributed by atoms with Gasteiger partial charge < -0.3 is 9.47 Å². The van der Waals surface area contributed by atoms with Crippen molar-refractivity contribution in [3.05, 3.63) is 34.9 Å². The fourth-order valence-corrected chi connectivity index (χ4v) is 3.33. The van der Waals surface area contributed by atoms with Gasteiger partial charge >= 0.3 is 11.9 Å². The topological polar surface area (TPSA) is 52.6 Å². The summed E-state index contributed by atoms with van der Waals surface area (Å²) in [6.45, 7) is 13.8. The van der Waals surface area contributed by atoms with E-state index >= 15 is 0 Å². The van der Waals surface area contributed by atoms with E-state index in [2.05, 4.69) is 41.5 Å². The Labute approximate surface area is 183 Å². The van der Waals surface area contributed by atoms with Crippen molar-refractivity contribution >= 4 is 11.9 Å². The number of hydrogen-bond acceptors (Lipinski definition) is 4. The van der Waals surface area contributed by atoms with Crippen LogP contribution in [0.1, 0.15) is 106 Å². The van der Waals surface area contributed by atoms with Gasteiger partial charge in [-0.1, -0.05) is 60.5 Å². The third kappa shape index (κ3) is 10.8. The molecular weight excluding hydrogens is 376 g/mol. The Bertz CT molecular complexity index is 646.